The quantitative estimate of drug-likeness (QED) is 0.224. The number of anilines is 3. The highest BCUT2D eigenvalue weighted by atomic mass is 32.2. The number of hydrogen-bond donors (Lipinski definition) is 0. The molecule has 0 bridgehead atoms. The molecule has 1 amide bonds. The number of carbonyl (C=O) groups is 1. The number of aromatic nitrogens is 2. The zero-order valence-electron chi connectivity index (χ0n) is 22.2. The Morgan fingerprint density at radius 2 is 1.77 bits per heavy atom. The van der Waals surface area contributed by atoms with Crippen molar-refractivity contribution in [3.8, 4) is 11.6 Å². The maximum absolute atomic E-state index is 12.6. The third-order valence-corrected chi connectivity index (χ3v) is 6.63. The minimum atomic E-state index is -4.75. The van der Waals surface area contributed by atoms with Crippen molar-refractivity contribution >= 4 is 46.2 Å². The number of ether oxygens (including phenoxy) is 2. The van der Waals surface area contributed by atoms with E-state index < -0.39 is 12.5 Å². The molecule has 1 saturated heterocycles. The predicted octanol–water partition coefficient (Wildman–Crippen LogP) is 6.16. The first-order chi connectivity index (χ1) is 19.0. The fraction of sp³-hybridized carbons (Fsp3) is 0.296. The molecule has 4 rings (SSSR count). The lowest BCUT2D eigenvalue weighted by Crippen LogP contribution is -2.30. The highest BCUT2D eigenvalue weighted by Crippen LogP contribution is 2.33. The van der Waals surface area contributed by atoms with Crippen molar-refractivity contribution in [2.75, 3.05) is 22.6 Å². The summed E-state index contributed by atoms with van der Waals surface area (Å²) in [5.74, 6) is 0.853. The van der Waals surface area contributed by atoms with E-state index in [2.05, 4.69) is 39.0 Å². The average Bonchev–Trinajstić information content (AvgIpc) is 3.28. The van der Waals surface area contributed by atoms with E-state index in [-0.39, 0.29) is 29.2 Å². The highest BCUT2D eigenvalue weighted by Gasteiger charge is 2.32. The predicted molar refractivity (Wildman–Crippen MR) is 150 cm³/mol. The van der Waals surface area contributed by atoms with Gasteiger partial charge in [0, 0.05) is 18.8 Å². The van der Waals surface area contributed by atoms with Crippen LogP contribution < -0.4 is 19.3 Å². The summed E-state index contributed by atoms with van der Waals surface area (Å²) >= 11 is 1.32. The number of hydrogen-bond acceptors (Lipinski definition) is 9. The van der Waals surface area contributed by atoms with Gasteiger partial charge in [0.1, 0.15) is 11.9 Å². The van der Waals surface area contributed by atoms with Crippen LogP contribution in [0.25, 0.3) is 0 Å². The maximum atomic E-state index is 12.6. The van der Waals surface area contributed by atoms with Gasteiger partial charge in [-0.2, -0.15) is 5.10 Å². The van der Waals surface area contributed by atoms with Gasteiger partial charge in [0.15, 0.2) is 11.0 Å². The molecule has 210 valence electrons. The Bertz CT molecular complexity index is 1380. The second-order valence-corrected chi connectivity index (χ2v) is 9.97. The van der Waals surface area contributed by atoms with Crippen LogP contribution in [0.3, 0.4) is 0 Å². The largest absolute Gasteiger partial charge is 0.573 e. The lowest BCUT2D eigenvalue weighted by molar-refractivity contribution is -0.274. The van der Waals surface area contributed by atoms with E-state index in [0.29, 0.717) is 16.7 Å². The first-order valence-corrected chi connectivity index (χ1v) is 13.3. The smallest absolute Gasteiger partial charge is 0.468 e. The molecule has 9 nitrogen and oxygen atoms in total. The first kappa shape index (κ1) is 28.9. The number of benzene rings is 2. The third-order valence-electron chi connectivity index (χ3n) is 5.72. The summed E-state index contributed by atoms with van der Waals surface area (Å²) < 4.78 is 46.8. The van der Waals surface area contributed by atoms with Crippen molar-refractivity contribution in [2.45, 2.75) is 39.2 Å². The number of amidine groups is 1. The summed E-state index contributed by atoms with van der Waals surface area (Å²) in [4.78, 5) is 15.9. The minimum Gasteiger partial charge on any atom is -0.468 e. The lowest BCUT2D eigenvalue weighted by Gasteiger charge is -2.21. The molecule has 1 aromatic heterocycles. The number of nitrogens with zero attached hydrogens (tertiary/aromatic N) is 6. The van der Waals surface area contributed by atoms with Crippen LogP contribution in [0.1, 0.15) is 32.3 Å². The zero-order chi connectivity index (χ0) is 28.9. The van der Waals surface area contributed by atoms with Crippen LogP contribution in [-0.2, 0) is 4.79 Å². The maximum Gasteiger partial charge on any atom is 0.573 e. The molecule has 13 heteroatoms. The minimum absolute atomic E-state index is 0.0535. The van der Waals surface area contributed by atoms with Crippen LogP contribution in [0.4, 0.5) is 30.4 Å². The molecule has 1 aliphatic rings. The van der Waals surface area contributed by atoms with Gasteiger partial charge in [-0.3, -0.25) is 9.69 Å². The van der Waals surface area contributed by atoms with Crippen molar-refractivity contribution in [3.63, 3.8) is 0 Å². The fourth-order valence-corrected chi connectivity index (χ4v) is 4.62. The van der Waals surface area contributed by atoms with Gasteiger partial charge in [-0.15, -0.1) is 28.5 Å². The second kappa shape index (κ2) is 12.4. The van der Waals surface area contributed by atoms with Gasteiger partial charge in [0.2, 0.25) is 11.8 Å². The van der Waals surface area contributed by atoms with Crippen LogP contribution in [0, 0.1) is 0 Å². The molecule has 0 radical (unpaired) electrons. The molecule has 1 fully saturated rings. The molecule has 2 heterocycles. The van der Waals surface area contributed by atoms with E-state index in [9.17, 15) is 18.0 Å². The van der Waals surface area contributed by atoms with Crippen molar-refractivity contribution in [2.24, 2.45) is 10.2 Å². The summed E-state index contributed by atoms with van der Waals surface area (Å²) in [5, 5.41) is 17.1. The van der Waals surface area contributed by atoms with Crippen LogP contribution >= 0.6 is 11.8 Å². The Morgan fingerprint density at radius 1 is 1.05 bits per heavy atom. The van der Waals surface area contributed by atoms with E-state index in [1.54, 1.807) is 35.9 Å². The molecular formula is C27H27F3N6O3S. The molecule has 0 saturated carbocycles. The lowest BCUT2D eigenvalue weighted by atomic mass is 10.0. The molecule has 3 aromatic rings. The third kappa shape index (κ3) is 7.29. The van der Waals surface area contributed by atoms with E-state index in [4.69, 9.17) is 4.74 Å². The molecule has 0 aliphatic carbocycles. The van der Waals surface area contributed by atoms with Crippen LogP contribution in [0.15, 0.2) is 70.9 Å². The molecule has 0 N–H and O–H groups in total. The van der Waals surface area contributed by atoms with Crippen LogP contribution in [0.5, 0.6) is 11.6 Å². The first-order valence-electron chi connectivity index (χ1n) is 12.3. The molecule has 1 aliphatic heterocycles. The van der Waals surface area contributed by atoms with Gasteiger partial charge in [0.05, 0.1) is 17.7 Å². The summed E-state index contributed by atoms with van der Waals surface area (Å²) in [5.41, 5.74) is 2.44. The SMILES string of the molecule is CC(/C=N/N=C1\SCC(=O)N1c1ccccc1C(C)C)Oc1ccc(N(C)c2ccc(OC(F)(F)F)cc2)nn1. The van der Waals surface area contributed by atoms with E-state index in [1.165, 1.54) is 42.2 Å². The van der Waals surface area contributed by atoms with E-state index in [0.717, 1.165) is 11.3 Å². The van der Waals surface area contributed by atoms with Crippen molar-refractivity contribution in [1.29, 1.82) is 0 Å². The monoisotopic (exact) mass is 572 g/mol. The normalized spacial score (nSPS) is 15.8. The molecular weight excluding hydrogens is 545 g/mol. The number of halogens is 3. The van der Waals surface area contributed by atoms with E-state index in [1.807, 2.05) is 24.3 Å². The fourth-order valence-electron chi connectivity index (χ4n) is 3.81. The highest BCUT2D eigenvalue weighted by molar-refractivity contribution is 8.15. The standard InChI is InChI=1S/C27H27F3N6O3S/c1-17(2)21-7-5-6-8-22(21)36-25(37)16-40-26(36)34-31-15-18(3)38-24-14-13-23(32-33-24)35(4)19-9-11-20(12-10-19)39-27(28,29)30/h5-15,17-18H,16H2,1-4H3/b31-15+,34-26-. The Balaban J connectivity index is 1.37. The second-order valence-electron chi connectivity index (χ2n) is 9.03. The zero-order valence-corrected chi connectivity index (χ0v) is 23.0. The number of carbonyl (C=O) groups excluding carboxylic acids is 1. The van der Waals surface area contributed by atoms with Gasteiger partial charge in [-0.1, -0.05) is 43.8 Å². The van der Waals surface area contributed by atoms with Crippen molar-refractivity contribution in [1.82, 2.24) is 10.2 Å². The van der Waals surface area contributed by atoms with Crippen molar-refractivity contribution < 1.29 is 27.4 Å². The summed E-state index contributed by atoms with van der Waals surface area (Å²) in [7, 11) is 1.70. The summed E-state index contributed by atoms with van der Waals surface area (Å²) in [6, 6.07) is 16.4. The van der Waals surface area contributed by atoms with Crippen LogP contribution in [-0.4, -0.2) is 52.8 Å². The summed E-state index contributed by atoms with van der Waals surface area (Å²) in [6.07, 6.45) is -3.75. The number of amides is 1. The Hall–Kier alpha value is -4.13. The number of alkyl halides is 3. The number of para-hydroxylation sites is 1. The molecule has 1 unspecified atom stereocenters. The van der Waals surface area contributed by atoms with E-state index >= 15 is 0 Å². The van der Waals surface area contributed by atoms with Crippen molar-refractivity contribution in [3.05, 3.63) is 66.2 Å². The molecule has 2 aromatic carbocycles. The Labute approximate surface area is 233 Å². The molecule has 0 spiro atoms. The Kier molecular flexibility index (Phi) is 8.93. The number of thioether (sulfide) groups is 1. The average molecular weight is 573 g/mol. The van der Waals surface area contributed by atoms with Gasteiger partial charge < -0.3 is 14.4 Å². The molecule has 40 heavy (non-hydrogen) atoms. The van der Waals surface area contributed by atoms with Crippen LogP contribution in [0.2, 0.25) is 0 Å². The van der Waals surface area contributed by atoms with Gasteiger partial charge in [-0.05, 0) is 54.8 Å². The Morgan fingerprint density at radius 3 is 2.42 bits per heavy atom. The summed E-state index contributed by atoms with van der Waals surface area (Å²) in [6.45, 7) is 5.90. The topological polar surface area (TPSA) is 92.5 Å². The number of rotatable bonds is 9. The van der Waals surface area contributed by atoms with Gasteiger partial charge in [-0.25, -0.2) is 0 Å². The van der Waals surface area contributed by atoms with Gasteiger partial charge >= 0.3 is 6.36 Å². The van der Waals surface area contributed by atoms with Gasteiger partial charge in [0.25, 0.3) is 0 Å². The molecule has 1 atom stereocenters.